The molecular weight excluding hydrogens is 198 g/mol. The van der Waals surface area contributed by atoms with Crippen molar-refractivity contribution in [1.82, 2.24) is 0 Å². The van der Waals surface area contributed by atoms with Crippen LogP contribution in [0.5, 0.6) is 0 Å². The first-order valence-corrected chi connectivity index (χ1v) is 5.86. The van der Waals surface area contributed by atoms with Crippen molar-refractivity contribution >= 4 is 11.6 Å². The maximum atomic E-state index is 12.1. The van der Waals surface area contributed by atoms with Crippen molar-refractivity contribution in [2.75, 3.05) is 11.4 Å². The first-order chi connectivity index (χ1) is 7.47. The molecule has 2 heteroatoms. The molecule has 0 atom stereocenters. The van der Waals surface area contributed by atoms with Crippen LogP contribution in [0.15, 0.2) is 18.2 Å². The van der Waals surface area contributed by atoms with Gasteiger partial charge in [-0.25, -0.2) is 0 Å². The molecule has 0 saturated carbocycles. The zero-order valence-electron chi connectivity index (χ0n) is 10.9. The highest BCUT2D eigenvalue weighted by Crippen LogP contribution is 2.22. The second-order valence-corrected chi connectivity index (χ2v) is 4.53. The molecule has 0 aliphatic carbocycles. The van der Waals surface area contributed by atoms with Gasteiger partial charge in [-0.05, 0) is 38.0 Å². The number of anilines is 1. The largest absolute Gasteiger partial charge is 0.312 e. The zero-order chi connectivity index (χ0) is 12.3. The molecule has 0 aliphatic rings. The number of rotatable bonds is 3. The maximum Gasteiger partial charge on any atom is 0.229 e. The zero-order valence-corrected chi connectivity index (χ0v) is 10.9. The van der Waals surface area contributed by atoms with E-state index in [0.29, 0.717) is 0 Å². The standard InChI is InChI=1S/C14H21NO/c1-6-15(14(16)10(2)3)13-9-11(4)7-8-12(13)5/h7-10H,6H2,1-5H3. The number of hydrogen-bond donors (Lipinski definition) is 0. The van der Waals surface area contributed by atoms with Gasteiger partial charge in [0.05, 0.1) is 0 Å². The number of nitrogens with zero attached hydrogens (tertiary/aromatic N) is 1. The number of benzene rings is 1. The summed E-state index contributed by atoms with van der Waals surface area (Å²) in [5.41, 5.74) is 3.39. The summed E-state index contributed by atoms with van der Waals surface area (Å²) in [5.74, 6) is 0.232. The summed E-state index contributed by atoms with van der Waals surface area (Å²) in [6.45, 7) is 10.7. The fourth-order valence-corrected chi connectivity index (χ4v) is 1.77. The van der Waals surface area contributed by atoms with Crippen LogP contribution in [0.25, 0.3) is 0 Å². The van der Waals surface area contributed by atoms with Crippen molar-refractivity contribution < 1.29 is 4.79 Å². The average Bonchev–Trinajstić information content (AvgIpc) is 2.23. The Morgan fingerprint density at radius 2 is 1.94 bits per heavy atom. The van der Waals surface area contributed by atoms with Crippen LogP contribution in [0.3, 0.4) is 0 Å². The van der Waals surface area contributed by atoms with Gasteiger partial charge < -0.3 is 4.90 Å². The second kappa shape index (κ2) is 5.15. The molecule has 0 saturated heterocycles. The molecule has 0 spiro atoms. The number of hydrogen-bond acceptors (Lipinski definition) is 1. The Bertz CT molecular complexity index is 382. The molecule has 2 nitrogen and oxygen atoms in total. The number of carbonyl (C=O) groups excluding carboxylic acids is 1. The Morgan fingerprint density at radius 3 is 2.44 bits per heavy atom. The van der Waals surface area contributed by atoms with Crippen LogP contribution in [0.4, 0.5) is 5.69 Å². The van der Waals surface area contributed by atoms with E-state index in [1.807, 2.05) is 32.6 Å². The van der Waals surface area contributed by atoms with Gasteiger partial charge in [-0.3, -0.25) is 4.79 Å². The quantitative estimate of drug-likeness (QED) is 0.763. The summed E-state index contributed by atoms with van der Waals surface area (Å²) in [6.07, 6.45) is 0. The highest BCUT2D eigenvalue weighted by Gasteiger charge is 2.18. The third kappa shape index (κ3) is 2.63. The molecule has 0 heterocycles. The summed E-state index contributed by atoms with van der Waals surface area (Å²) in [5, 5.41) is 0. The van der Waals surface area contributed by atoms with Crippen molar-refractivity contribution in [3.8, 4) is 0 Å². The lowest BCUT2D eigenvalue weighted by Crippen LogP contribution is -2.34. The predicted octanol–water partition coefficient (Wildman–Crippen LogP) is 3.31. The Balaban J connectivity index is 3.13. The molecule has 88 valence electrons. The maximum absolute atomic E-state index is 12.1. The van der Waals surface area contributed by atoms with Crippen LogP contribution < -0.4 is 4.90 Å². The minimum absolute atomic E-state index is 0.0415. The fraction of sp³-hybridized carbons (Fsp3) is 0.500. The molecule has 0 aliphatic heterocycles. The van der Waals surface area contributed by atoms with Crippen molar-refractivity contribution in [2.24, 2.45) is 5.92 Å². The topological polar surface area (TPSA) is 20.3 Å². The molecule has 16 heavy (non-hydrogen) atoms. The Kier molecular flexibility index (Phi) is 4.11. The lowest BCUT2D eigenvalue weighted by atomic mass is 10.1. The van der Waals surface area contributed by atoms with E-state index in [-0.39, 0.29) is 11.8 Å². The van der Waals surface area contributed by atoms with Gasteiger partial charge in [0.1, 0.15) is 0 Å². The molecule has 0 aromatic heterocycles. The molecule has 0 radical (unpaired) electrons. The third-order valence-corrected chi connectivity index (χ3v) is 2.73. The summed E-state index contributed by atoms with van der Waals surface area (Å²) < 4.78 is 0. The highest BCUT2D eigenvalue weighted by molar-refractivity contribution is 5.95. The van der Waals surface area contributed by atoms with E-state index < -0.39 is 0 Å². The van der Waals surface area contributed by atoms with Crippen LogP contribution in [0.2, 0.25) is 0 Å². The van der Waals surface area contributed by atoms with Crippen LogP contribution in [-0.4, -0.2) is 12.5 Å². The van der Waals surface area contributed by atoms with E-state index in [0.717, 1.165) is 17.8 Å². The minimum Gasteiger partial charge on any atom is -0.312 e. The van der Waals surface area contributed by atoms with Crippen LogP contribution >= 0.6 is 0 Å². The van der Waals surface area contributed by atoms with E-state index in [4.69, 9.17) is 0 Å². The van der Waals surface area contributed by atoms with Crippen LogP contribution in [0.1, 0.15) is 31.9 Å². The van der Waals surface area contributed by atoms with Gasteiger partial charge in [-0.15, -0.1) is 0 Å². The summed E-state index contributed by atoms with van der Waals surface area (Å²) >= 11 is 0. The van der Waals surface area contributed by atoms with Crippen LogP contribution in [-0.2, 0) is 4.79 Å². The molecule has 1 aromatic rings. The van der Waals surface area contributed by atoms with Crippen molar-refractivity contribution in [2.45, 2.75) is 34.6 Å². The molecular formula is C14H21NO. The van der Waals surface area contributed by atoms with Gasteiger partial charge >= 0.3 is 0 Å². The minimum atomic E-state index is 0.0415. The van der Waals surface area contributed by atoms with E-state index >= 15 is 0 Å². The van der Waals surface area contributed by atoms with Gasteiger partial charge in [0.2, 0.25) is 5.91 Å². The number of aryl methyl sites for hydroxylation is 2. The monoisotopic (exact) mass is 219 g/mol. The summed E-state index contributed by atoms with van der Waals surface area (Å²) in [7, 11) is 0. The Labute approximate surface area is 98.3 Å². The molecule has 0 fully saturated rings. The summed E-state index contributed by atoms with van der Waals surface area (Å²) in [6, 6.07) is 6.23. The van der Waals surface area contributed by atoms with Gasteiger partial charge in [0.25, 0.3) is 0 Å². The third-order valence-electron chi connectivity index (χ3n) is 2.73. The van der Waals surface area contributed by atoms with E-state index in [1.54, 1.807) is 0 Å². The van der Waals surface area contributed by atoms with Gasteiger partial charge in [0, 0.05) is 18.2 Å². The molecule has 0 N–H and O–H groups in total. The molecule has 1 aromatic carbocycles. The van der Waals surface area contributed by atoms with E-state index in [9.17, 15) is 4.79 Å². The molecule has 0 unspecified atom stereocenters. The smallest absolute Gasteiger partial charge is 0.229 e. The first-order valence-electron chi connectivity index (χ1n) is 5.86. The second-order valence-electron chi connectivity index (χ2n) is 4.53. The van der Waals surface area contributed by atoms with Crippen molar-refractivity contribution in [3.05, 3.63) is 29.3 Å². The predicted molar refractivity (Wildman–Crippen MR) is 68.8 cm³/mol. The summed E-state index contributed by atoms with van der Waals surface area (Å²) in [4.78, 5) is 13.9. The first kappa shape index (κ1) is 12.8. The van der Waals surface area contributed by atoms with Crippen molar-refractivity contribution in [3.63, 3.8) is 0 Å². The average molecular weight is 219 g/mol. The Morgan fingerprint density at radius 1 is 1.31 bits per heavy atom. The fourth-order valence-electron chi connectivity index (χ4n) is 1.77. The molecule has 1 rings (SSSR count). The van der Waals surface area contributed by atoms with Crippen LogP contribution in [0, 0.1) is 19.8 Å². The van der Waals surface area contributed by atoms with Gasteiger partial charge in [-0.1, -0.05) is 26.0 Å². The van der Waals surface area contributed by atoms with Crippen molar-refractivity contribution in [1.29, 1.82) is 0 Å². The lowest BCUT2D eigenvalue weighted by molar-refractivity contribution is -0.121. The number of amides is 1. The van der Waals surface area contributed by atoms with Gasteiger partial charge in [-0.2, -0.15) is 0 Å². The molecule has 1 amide bonds. The SMILES string of the molecule is CCN(C(=O)C(C)C)c1cc(C)ccc1C. The van der Waals surface area contributed by atoms with E-state index in [2.05, 4.69) is 25.1 Å². The van der Waals surface area contributed by atoms with E-state index in [1.165, 1.54) is 5.56 Å². The normalized spacial score (nSPS) is 10.6. The Hall–Kier alpha value is -1.31. The molecule has 0 bridgehead atoms. The number of carbonyl (C=O) groups is 1. The van der Waals surface area contributed by atoms with Gasteiger partial charge in [0.15, 0.2) is 0 Å². The lowest BCUT2D eigenvalue weighted by Gasteiger charge is -2.25. The highest BCUT2D eigenvalue weighted by atomic mass is 16.2.